The van der Waals surface area contributed by atoms with E-state index in [0.717, 1.165) is 34.2 Å². The quantitative estimate of drug-likeness (QED) is 0.412. The van der Waals surface area contributed by atoms with Crippen LogP contribution in [0.4, 0.5) is 5.13 Å². The second-order valence-electron chi connectivity index (χ2n) is 8.44. The first kappa shape index (κ1) is 24.1. The normalized spacial score (nSPS) is 16.4. The van der Waals surface area contributed by atoms with Crippen molar-refractivity contribution in [2.75, 3.05) is 23.8 Å². The van der Waals surface area contributed by atoms with Crippen LogP contribution in [0.5, 0.6) is 0 Å². The number of hydrogen-bond donors (Lipinski definition) is 0. The van der Waals surface area contributed by atoms with Gasteiger partial charge in [-0.2, -0.15) is 0 Å². The van der Waals surface area contributed by atoms with Crippen molar-refractivity contribution in [3.8, 4) is 0 Å². The number of carbonyl (C=O) groups is 1. The molecule has 9 heteroatoms. The largest absolute Gasteiger partial charge is 0.376 e. The third-order valence-corrected chi connectivity index (χ3v) is 8.83. The van der Waals surface area contributed by atoms with Crippen molar-refractivity contribution in [2.45, 2.75) is 50.5 Å². The van der Waals surface area contributed by atoms with E-state index in [-0.39, 0.29) is 35.5 Å². The fourth-order valence-electron chi connectivity index (χ4n) is 4.06. The average molecular weight is 507 g/mol. The molecule has 1 unspecified atom stereocenters. The molecule has 33 heavy (non-hydrogen) atoms. The van der Waals surface area contributed by atoms with Crippen LogP contribution in [0.2, 0.25) is 5.02 Å². The number of anilines is 1. The number of rotatable bonds is 8. The van der Waals surface area contributed by atoms with Crippen LogP contribution in [0, 0.1) is 13.8 Å². The van der Waals surface area contributed by atoms with Gasteiger partial charge in [0.15, 0.2) is 15.0 Å². The summed E-state index contributed by atoms with van der Waals surface area (Å²) in [6.45, 7) is 5.19. The predicted octanol–water partition coefficient (Wildman–Crippen LogP) is 5.33. The fraction of sp³-hybridized carbons (Fsp3) is 0.417. The number of nitrogens with zero attached hydrogens (tertiary/aromatic N) is 2. The van der Waals surface area contributed by atoms with Crippen LogP contribution in [-0.2, 0) is 19.4 Å². The van der Waals surface area contributed by atoms with Crippen LogP contribution < -0.4 is 4.90 Å². The minimum absolute atomic E-state index is 0.0263. The summed E-state index contributed by atoms with van der Waals surface area (Å²) in [5.41, 5.74) is 3.13. The Hall–Kier alpha value is -2.00. The van der Waals surface area contributed by atoms with E-state index in [9.17, 15) is 13.2 Å². The Morgan fingerprint density at radius 2 is 2.00 bits per heavy atom. The van der Waals surface area contributed by atoms with Gasteiger partial charge in [-0.3, -0.25) is 9.69 Å². The standard InChI is InChI=1S/C24H27ClN2O4S2/c1-16-13-17(2)23-21(14-16)32-24(26-23)27(15-19-5-3-11-31-19)22(28)6-4-12-33(29,30)20-9-7-18(25)8-10-20/h7-10,13-14,19H,3-6,11-12,15H2,1-2H3. The van der Waals surface area contributed by atoms with Gasteiger partial charge in [0.25, 0.3) is 0 Å². The zero-order chi connectivity index (χ0) is 23.6. The fourth-order valence-corrected chi connectivity index (χ4v) is 6.67. The average Bonchev–Trinajstić information content (AvgIpc) is 3.42. The number of ether oxygens (including phenoxy) is 1. The molecule has 1 aliphatic rings. The Balaban J connectivity index is 1.50. The third-order valence-electron chi connectivity index (χ3n) is 5.74. The molecule has 1 amide bonds. The lowest BCUT2D eigenvalue weighted by molar-refractivity contribution is -0.119. The number of thiazole rings is 1. The van der Waals surface area contributed by atoms with Crippen molar-refractivity contribution in [1.82, 2.24) is 4.98 Å². The van der Waals surface area contributed by atoms with Crippen LogP contribution in [0.25, 0.3) is 10.2 Å². The Morgan fingerprint density at radius 1 is 1.24 bits per heavy atom. The molecule has 6 nitrogen and oxygen atoms in total. The van der Waals surface area contributed by atoms with Gasteiger partial charge in [-0.1, -0.05) is 29.0 Å². The highest BCUT2D eigenvalue weighted by molar-refractivity contribution is 7.91. The van der Waals surface area contributed by atoms with E-state index in [0.29, 0.717) is 23.3 Å². The number of aryl methyl sites for hydroxylation is 2. The van der Waals surface area contributed by atoms with Crippen molar-refractivity contribution in [2.24, 2.45) is 0 Å². The highest BCUT2D eigenvalue weighted by Crippen LogP contribution is 2.33. The van der Waals surface area contributed by atoms with Gasteiger partial charge in [0.05, 0.1) is 33.5 Å². The maximum atomic E-state index is 13.3. The highest BCUT2D eigenvalue weighted by atomic mass is 35.5. The molecule has 176 valence electrons. The molecule has 1 aromatic heterocycles. The van der Waals surface area contributed by atoms with E-state index in [2.05, 4.69) is 12.1 Å². The molecule has 0 aliphatic carbocycles. The Morgan fingerprint density at radius 3 is 2.70 bits per heavy atom. The number of sulfone groups is 1. The molecule has 4 rings (SSSR count). The number of halogens is 1. The lowest BCUT2D eigenvalue weighted by Gasteiger charge is -2.23. The minimum atomic E-state index is -3.48. The van der Waals surface area contributed by atoms with E-state index in [1.165, 1.54) is 23.5 Å². The second kappa shape index (κ2) is 10.1. The van der Waals surface area contributed by atoms with E-state index in [1.54, 1.807) is 17.0 Å². The van der Waals surface area contributed by atoms with Crippen LogP contribution in [-0.4, -0.2) is 44.3 Å². The van der Waals surface area contributed by atoms with Gasteiger partial charge in [-0.25, -0.2) is 13.4 Å². The van der Waals surface area contributed by atoms with Gasteiger partial charge in [0.1, 0.15) is 0 Å². The van der Waals surface area contributed by atoms with Gasteiger partial charge in [-0.05, 0) is 74.6 Å². The molecule has 0 N–H and O–H groups in total. The zero-order valence-corrected chi connectivity index (χ0v) is 21.1. The number of aromatic nitrogens is 1. The summed E-state index contributed by atoms with van der Waals surface area (Å²) >= 11 is 7.35. The van der Waals surface area contributed by atoms with Gasteiger partial charge in [0, 0.05) is 18.1 Å². The molecule has 2 aromatic carbocycles. The highest BCUT2D eigenvalue weighted by Gasteiger charge is 2.27. The van der Waals surface area contributed by atoms with Crippen molar-refractivity contribution < 1.29 is 17.9 Å². The molecule has 1 fully saturated rings. The summed E-state index contributed by atoms with van der Waals surface area (Å²) in [6, 6.07) is 10.3. The first-order chi connectivity index (χ1) is 15.7. The van der Waals surface area contributed by atoms with Crippen LogP contribution in [0.3, 0.4) is 0 Å². The van der Waals surface area contributed by atoms with Gasteiger partial charge < -0.3 is 4.74 Å². The maximum Gasteiger partial charge on any atom is 0.228 e. The monoisotopic (exact) mass is 506 g/mol. The molecule has 1 saturated heterocycles. The molecule has 3 aromatic rings. The third kappa shape index (κ3) is 5.74. The first-order valence-corrected chi connectivity index (χ1v) is 13.9. The van der Waals surface area contributed by atoms with Crippen LogP contribution in [0.1, 0.15) is 36.8 Å². The topological polar surface area (TPSA) is 76.6 Å². The SMILES string of the molecule is Cc1cc(C)c2nc(N(CC3CCCO3)C(=O)CCCS(=O)(=O)c3ccc(Cl)cc3)sc2c1. The number of fused-ring (bicyclic) bond motifs is 1. The van der Waals surface area contributed by atoms with E-state index >= 15 is 0 Å². The van der Waals surface area contributed by atoms with E-state index in [1.807, 2.05) is 13.8 Å². The number of hydrogen-bond acceptors (Lipinski definition) is 6. The lowest BCUT2D eigenvalue weighted by atomic mass is 10.1. The Labute approximate surface area is 203 Å². The molecule has 0 bridgehead atoms. The zero-order valence-electron chi connectivity index (χ0n) is 18.7. The summed E-state index contributed by atoms with van der Waals surface area (Å²) in [4.78, 5) is 19.9. The molecule has 1 atom stereocenters. The summed E-state index contributed by atoms with van der Waals surface area (Å²) in [6.07, 6.45) is 2.20. The van der Waals surface area contributed by atoms with E-state index < -0.39 is 9.84 Å². The molecule has 2 heterocycles. The van der Waals surface area contributed by atoms with Gasteiger partial charge >= 0.3 is 0 Å². The van der Waals surface area contributed by atoms with Crippen LogP contribution in [0.15, 0.2) is 41.3 Å². The molecule has 1 aliphatic heterocycles. The molecule has 0 radical (unpaired) electrons. The van der Waals surface area contributed by atoms with Crippen molar-refractivity contribution >= 4 is 54.0 Å². The van der Waals surface area contributed by atoms with Crippen molar-refractivity contribution in [1.29, 1.82) is 0 Å². The Kier molecular flexibility index (Phi) is 7.38. The Bertz CT molecular complexity index is 1250. The summed E-state index contributed by atoms with van der Waals surface area (Å²) < 4.78 is 32.1. The number of amides is 1. The number of benzene rings is 2. The van der Waals surface area contributed by atoms with Crippen molar-refractivity contribution in [3.63, 3.8) is 0 Å². The van der Waals surface area contributed by atoms with Gasteiger partial charge in [0.2, 0.25) is 5.91 Å². The smallest absolute Gasteiger partial charge is 0.228 e. The molecular weight excluding hydrogens is 480 g/mol. The van der Waals surface area contributed by atoms with Crippen LogP contribution >= 0.6 is 22.9 Å². The van der Waals surface area contributed by atoms with Gasteiger partial charge in [-0.15, -0.1) is 0 Å². The predicted molar refractivity (Wildman–Crippen MR) is 133 cm³/mol. The summed E-state index contributed by atoms with van der Waals surface area (Å²) in [5, 5.41) is 1.12. The second-order valence-corrected chi connectivity index (χ2v) is 12.0. The maximum absolute atomic E-state index is 13.3. The number of carbonyl (C=O) groups excluding carboxylic acids is 1. The molecule has 0 spiro atoms. The van der Waals surface area contributed by atoms with E-state index in [4.69, 9.17) is 21.3 Å². The van der Waals surface area contributed by atoms with Crippen molar-refractivity contribution in [3.05, 3.63) is 52.5 Å². The summed E-state index contributed by atoms with van der Waals surface area (Å²) in [5.74, 6) is -0.239. The minimum Gasteiger partial charge on any atom is -0.376 e. The first-order valence-electron chi connectivity index (χ1n) is 11.0. The summed E-state index contributed by atoms with van der Waals surface area (Å²) in [7, 11) is -3.48. The molecule has 0 saturated carbocycles. The molecular formula is C24H27ClN2O4S2. The lowest BCUT2D eigenvalue weighted by Crippen LogP contribution is -2.37.